The van der Waals surface area contributed by atoms with Gasteiger partial charge in [-0.25, -0.2) is 4.98 Å². The summed E-state index contributed by atoms with van der Waals surface area (Å²) in [5.74, 6) is 0.586. The quantitative estimate of drug-likeness (QED) is 0.866. The highest BCUT2D eigenvalue weighted by atomic mass is 16.5. The van der Waals surface area contributed by atoms with Crippen molar-refractivity contribution in [3.63, 3.8) is 0 Å². The fraction of sp³-hybridized carbons (Fsp3) is 0.412. The Morgan fingerprint density at radius 3 is 2.96 bits per heavy atom. The van der Waals surface area contributed by atoms with E-state index in [9.17, 15) is 9.90 Å². The molecule has 1 aromatic heterocycles. The zero-order chi connectivity index (χ0) is 16.8. The van der Waals surface area contributed by atoms with E-state index in [0.29, 0.717) is 18.9 Å². The van der Waals surface area contributed by atoms with Gasteiger partial charge < -0.3 is 24.0 Å². The minimum atomic E-state index is -1.24. The van der Waals surface area contributed by atoms with Gasteiger partial charge in [-0.15, -0.1) is 0 Å². The van der Waals surface area contributed by atoms with E-state index in [0.717, 1.165) is 0 Å². The number of hydrogen-bond acceptors (Lipinski definition) is 5. The topological polar surface area (TPSA) is 76.8 Å². The second-order valence-electron chi connectivity index (χ2n) is 5.93. The molecule has 3 rings (SSSR count). The van der Waals surface area contributed by atoms with Gasteiger partial charge in [0, 0.05) is 18.9 Å². The second-order valence-corrected chi connectivity index (χ2v) is 5.93. The van der Waals surface area contributed by atoms with Crippen molar-refractivity contribution in [3.05, 3.63) is 49.1 Å². The third kappa shape index (κ3) is 4.33. The van der Waals surface area contributed by atoms with Gasteiger partial charge in [-0.2, -0.15) is 0 Å². The van der Waals surface area contributed by atoms with Crippen LogP contribution in [0.3, 0.4) is 0 Å². The average Bonchev–Trinajstić information content (AvgIpc) is 3.02. The van der Waals surface area contributed by atoms with E-state index in [4.69, 9.17) is 9.47 Å². The summed E-state index contributed by atoms with van der Waals surface area (Å²) in [6.07, 6.45) is 4.96. The Balaban J connectivity index is 1.61. The van der Waals surface area contributed by atoms with Crippen molar-refractivity contribution < 1.29 is 19.4 Å². The number of amides is 1. The summed E-state index contributed by atoms with van der Waals surface area (Å²) in [5, 5.41) is 10.8. The van der Waals surface area contributed by atoms with Crippen LogP contribution >= 0.6 is 0 Å². The monoisotopic (exact) mass is 331 g/mol. The first-order valence-corrected chi connectivity index (χ1v) is 7.86. The molecule has 1 N–H and O–H groups in total. The smallest absolute Gasteiger partial charge is 0.242 e. The molecule has 0 bridgehead atoms. The van der Waals surface area contributed by atoms with Gasteiger partial charge in [0.1, 0.15) is 24.5 Å². The van der Waals surface area contributed by atoms with Gasteiger partial charge >= 0.3 is 0 Å². The van der Waals surface area contributed by atoms with E-state index < -0.39 is 5.60 Å². The largest absolute Gasteiger partial charge is 0.490 e. The van der Waals surface area contributed by atoms with Gasteiger partial charge in [-0.05, 0) is 12.1 Å². The first-order chi connectivity index (χ1) is 11.6. The lowest BCUT2D eigenvalue weighted by atomic mass is 10.1. The summed E-state index contributed by atoms with van der Waals surface area (Å²) in [6, 6.07) is 9.27. The van der Waals surface area contributed by atoms with E-state index >= 15 is 0 Å². The minimum absolute atomic E-state index is 0.0614. The normalized spacial score (nSPS) is 21.3. The summed E-state index contributed by atoms with van der Waals surface area (Å²) in [6.45, 7) is 1.40. The maximum Gasteiger partial charge on any atom is 0.242 e. The molecule has 7 heteroatoms. The third-order valence-corrected chi connectivity index (χ3v) is 3.84. The highest BCUT2D eigenvalue weighted by molar-refractivity contribution is 5.76. The predicted molar refractivity (Wildman–Crippen MR) is 86.5 cm³/mol. The Morgan fingerprint density at radius 2 is 2.21 bits per heavy atom. The van der Waals surface area contributed by atoms with Crippen LogP contribution in [0.1, 0.15) is 0 Å². The van der Waals surface area contributed by atoms with Crippen molar-refractivity contribution in [3.8, 4) is 5.75 Å². The summed E-state index contributed by atoms with van der Waals surface area (Å²) in [4.78, 5) is 18.0. The first-order valence-electron chi connectivity index (χ1n) is 7.86. The van der Waals surface area contributed by atoms with Crippen LogP contribution < -0.4 is 4.74 Å². The molecule has 1 fully saturated rings. The molecule has 0 aliphatic carbocycles. The zero-order valence-electron chi connectivity index (χ0n) is 13.4. The summed E-state index contributed by atoms with van der Waals surface area (Å²) >= 11 is 0. The molecule has 1 amide bonds. The fourth-order valence-corrected chi connectivity index (χ4v) is 2.59. The first kappa shape index (κ1) is 16.5. The van der Waals surface area contributed by atoms with Crippen LogP contribution in [0.15, 0.2) is 49.1 Å². The number of imidazole rings is 1. The summed E-state index contributed by atoms with van der Waals surface area (Å²) < 4.78 is 12.8. The summed E-state index contributed by atoms with van der Waals surface area (Å²) in [5.41, 5.74) is -1.24. The number of rotatable bonds is 5. The maximum absolute atomic E-state index is 12.5. The number of benzene rings is 1. The van der Waals surface area contributed by atoms with Gasteiger partial charge in [0.05, 0.1) is 26.1 Å². The molecular formula is C17H21N3O4. The zero-order valence-corrected chi connectivity index (χ0v) is 13.4. The lowest BCUT2D eigenvalue weighted by Gasteiger charge is -2.30. The molecule has 1 aliphatic heterocycles. The SMILES string of the molecule is O=C(Cn1ccnc1)N1CCOCC(O)(COc2ccccc2)C1. The highest BCUT2D eigenvalue weighted by Crippen LogP contribution is 2.17. The van der Waals surface area contributed by atoms with E-state index in [1.54, 1.807) is 28.2 Å². The molecule has 1 aromatic carbocycles. The Hall–Kier alpha value is -2.38. The number of aromatic nitrogens is 2. The minimum Gasteiger partial charge on any atom is -0.490 e. The Kier molecular flexibility index (Phi) is 5.12. The standard InChI is InChI=1S/C17H21N3O4/c21-16(10-19-7-6-18-14-19)20-8-9-23-12-17(22,11-20)13-24-15-4-2-1-3-5-15/h1-7,14,22H,8-13H2. The van der Waals surface area contributed by atoms with Crippen LogP contribution in [-0.4, -0.2) is 64.0 Å². The predicted octanol–water partition coefficient (Wildman–Crippen LogP) is 0.552. The molecule has 1 unspecified atom stereocenters. The van der Waals surface area contributed by atoms with Crippen molar-refractivity contribution >= 4 is 5.91 Å². The van der Waals surface area contributed by atoms with Gasteiger partial charge in [0.2, 0.25) is 5.91 Å². The molecule has 1 atom stereocenters. The molecule has 0 saturated carbocycles. The Labute approximate surface area is 140 Å². The van der Waals surface area contributed by atoms with Crippen LogP contribution in [0, 0.1) is 0 Å². The molecule has 7 nitrogen and oxygen atoms in total. The number of carbonyl (C=O) groups is 1. The van der Waals surface area contributed by atoms with E-state index in [1.165, 1.54) is 0 Å². The lowest BCUT2D eigenvalue weighted by Crippen LogP contribution is -2.50. The number of aliphatic hydroxyl groups is 1. The molecular weight excluding hydrogens is 310 g/mol. The molecule has 0 spiro atoms. The highest BCUT2D eigenvalue weighted by Gasteiger charge is 2.35. The molecule has 128 valence electrons. The molecule has 1 saturated heterocycles. The third-order valence-electron chi connectivity index (χ3n) is 3.84. The fourth-order valence-electron chi connectivity index (χ4n) is 2.59. The molecule has 1 aliphatic rings. The van der Waals surface area contributed by atoms with Gasteiger partial charge in [-0.1, -0.05) is 18.2 Å². The van der Waals surface area contributed by atoms with Crippen molar-refractivity contribution in [2.24, 2.45) is 0 Å². The second kappa shape index (κ2) is 7.46. The number of ether oxygens (including phenoxy) is 2. The van der Waals surface area contributed by atoms with Gasteiger partial charge in [0.15, 0.2) is 0 Å². The van der Waals surface area contributed by atoms with E-state index in [2.05, 4.69) is 4.98 Å². The number of hydrogen-bond donors (Lipinski definition) is 1. The van der Waals surface area contributed by atoms with Gasteiger partial charge in [0.25, 0.3) is 0 Å². The van der Waals surface area contributed by atoms with E-state index in [-0.39, 0.29) is 32.2 Å². The van der Waals surface area contributed by atoms with Crippen molar-refractivity contribution in [2.75, 3.05) is 32.9 Å². The van der Waals surface area contributed by atoms with Crippen molar-refractivity contribution in [1.82, 2.24) is 14.5 Å². The molecule has 2 aromatic rings. The average molecular weight is 331 g/mol. The molecule has 0 radical (unpaired) electrons. The number of carbonyl (C=O) groups excluding carboxylic acids is 1. The number of β-amino-alcohol motifs (C(OH)–C–C–N with tert-alkyl or cyclic N) is 1. The number of para-hydroxylation sites is 1. The van der Waals surface area contributed by atoms with Crippen LogP contribution in [0.4, 0.5) is 0 Å². The van der Waals surface area contributed by atoms with Crippen LogP contribution in [0.2, 0.25) is 0 Å². The van der Waals surface area contributed by atoms with Gasteiger partial charge in [-0.3, -0.25) is 4.79 Å². The molecule has 24 heavy (non-hydrogen) atoms. The maximum atomic E-state index is 12.5. The summed E-state index contributed by atoms with van der Waals surface area (Å²) in [7, 11) is 0. The van der Waals surface area contributed by atoms with Crippen LogP contribution in [0.5, 0.6) is 5.75 Å². The van der Waals surface area contributed by atoms with E-state index in [1.807, 2.05) is 30.3 Å². The molecule has 2 heterocycles. The van der Waals surface area contributed by atoms with Crippen molar-refractivity contribution in [1.29, 1.82) is 0 Å². The van der Waals surface area contributed by atoms with Crippen molar-refractivity contribution in [2.45, 2.75) is 12.1 Å². The Bertz CT molecular complexity index is 647. The Morgan fingerprint density at radius 1 is 1.38 bits per heavy atom. The number of nitrogens with zero attached hydrogens (tertiary/aromatic N) is 3. The lowest BCUT2D eigenvalue weighted by molar-refractivity contribution is -0.135. The van der Waals surface area contributed by atoms with Crippen LogP contribution in [-0.2, 0) is 16.1 Å². The van der Waals surface area contributed by atoms with Crippen LogP contribution in [0.25, 0.3) is 0 Å².